The van der Waals surface area contributed by atoms with E-state index >= 15 is 0 Å². The highest BCUT2D eigenvalue weighted by Gasteiger charge is 2.38. The Bertz CT molecular complexity index is 4090. The molecule has 0 unspecified atom stereocenters. The average molecular weight is 854 g/mol. The molecule has 3 aromatic heterocycles. The topological polar surface area (TPSA) is 43.6 Å². The molecule has 5 heteroatoms. The molecule has 306 valence electrons. The summed E-state index contributed by atoms with van der Waals surface area (Å²) in [6.07, 6.45) is 0. The summed E-state index contributed by atoms with van der Waals surface area (Å²) in [6, 6.07) is 59.4. The molecule has 0 aliphatic heterocycles. The van der Waals surface area contributed by atoms with E-state index in [1.807, 2.05) is 18.2 Å². The SMILES string of the molecule is [2H]c1c([2H])c([2H])c(-c2nc(-c3cccc4c3C(C)(C)c3ccccc3-4)nc(-c3cc(-n4c5ccccc5c5ccccc54)cc4c3sc3cc(-c5cccc(-c6ccccc6)c5)ccc34)n2)c([2H])c1[2H]. The first-order chi connectivity index (χ1) is 34.0. The van der Waals surface area contributed by atoms with Crippen molar-refractivity contribution in [2.45, 2.75) is 19.3 Å². The highest BCUT2D eigenvalue weighted by Crippen LogP contribution is 2.52. The molecule has 4 nitrogen and oxygen atoms in total. The molecular formula is C60H40N4S. The molecule has 0 radical (unpaired) electrons. The Labute approximate surface area is 387 Å². The van der Waals surface area contributed by atoms with Gasteiger partial charge in [0.05, 0.1) is 17.9 Å². The van der Waals surface area contributed by atoms with Crippen LogP contribution in [0.5, 0.6) is 0 Å². The predicted octanol–water partition coefficient (Wildman–Crippen LogP) is 16.0. The lowest BCUT2D eigenvalue weighted by molar-refractivity contribution is 0.661. The number of thiophene rings is 1. The van der Waals surface area contributed by atoms with Gasteiger partial charge in [0.1, 0.15) is 0 Å². The van der Waals surface area contributed by atoms with Crippen molar-refractivity contribution in [2.24, 2.45) is 0 Å². The minimum absolute atomic E-state index is 0.0000300. The molecule has 3 heterocycles. The lowest BCUT2D eigenvalue weighted by Gasteiger charge is -2.24. The van der Waals surface area contributed by atoms with Crippen LogP contribution in [0.4, 0.5) is 0 Å². The molecule has 0 fully saturated rings. The van der Waals surface area contributed by atoms with Crippen LogP contribution in [0.1, 0.15) is 31.8 Å². The normalized spacial score (nSPS) is 14.0. The summed E-state index contributed by atoms with van der Waals surface area (Å²) in [5.74, 6) is 0.675. The number of hydrogen-bond acceptors (Lipinski definition) is 4. The average Bonchev–Trinajstić information content (AvgIpc) is 4.02. The molecule has 65 heavy (non-hydrogen) atoms. The van der Waals surface area contributed by atoms with Gasteiger partial charge in [-0.3, -0.25) is 0 Å². The fraction of sp³-hybridized carbons (Fsp3) is 0.0500. The molecule has 0 saturated carbocycles. The third-order valence-corrected chi connectivity index (χ3v) is 14.3. The number of para-hydroxylation sites is 2. The van der Waals surface area contributed by atoms with E-state index in [0.29, 0.717) is 11.6 Å². The second-order valence-corrected chi connectivity index (χ2v) is 18.3. The Kier molecular flexibility index (Phi) is 7.30. The van der Waals surface area contributed by atoms with Crippen molar-refractivity contribution in [3.8, 4) is 73.2 Å². The zero-order valence-electron chi connectivity index (χ0n) is 40.4. The summed E-state index contributed by atoms with van der Waals surface area (Å²) in [7, 11) is 0. The highest BCUT2D eigenvalue weighted by atomic mass is 32.1. The number of rotatable bonds is 6. The van der Waals surface area contributed by atoms with Gasteiger partial charge in [-0.1, -0.05) is 184 Å². The Morgan fingerprint density at radius 2 is 1.05 bits per heavy atom. The van der Waals surface area contributed by atoms with Crippen molar-refractivity contribution < 1.29 is 6.85 Å². The highest BCUT2D eigenvalue weighted by molar-refractivity contribution is 7.26. The van der Waals surface area contributed by atoms with Gasteiger partial charge in [-0.05, 0) is 80.9 Å². The van der Waals surface area contributed by atoms with Crippen molar-refractivity contribution in [2.75, 3.05) is 0 Å². The fourth-order valence-electron chi connectivity index (χ4n) is 10.2. The van der Waals surface area contributed by atoms with E-state index in [9.17, 15) is 0 Å². The van der Waals surface area contributed by atoms with E-state index in [1.165, 1.54) is 5.56 Å². The molecule has 0 saturated heterocycles. The number of aromatic nitrogens is 4. The van der Waals surface area contributed by atoms with Crippen LogP contribution in [-0.4, -0.2) is 19.5 Å². The number of hydrogen-bond donors (Lipinski definition) is 0. The zero-order chi connectivity index (χ0) is 47.6. The molecule has 13 rings (SSSR count). The molecule has 0 atom stereocenters. The van der Waals surface area contributed by atoms with Crippen molar-refractivity contribution in [1.82, 2.24) is 19.5 Å². The summed E-state index contributed by atoms with van der Waals surface area (Å²) in [4.78, 5) is 15.7. The molecule has 0 N–H and O–H groups in total. The number of benzene rings is 9. The largest absolute Gasteiger partial charge is 0.309 e. The van der Waals surface area contributed by atoms with Gasteiger partial charge in [-0.15, -0.1) is 11.3 Å². The van der Waals surface area contributed by atoms with Crippen LogP contribution in [0.25, 0.3) is 115 Å². The van der Waals surface area contributed by atoms with Gasteiger partial charge >= 0.3 is 0 Å². The standard InChI is InChI=1S/C60H40N4S/c1-60(2)51-28-12-9-23-43(51)47-26-16-27-48(55(47)60)58-61-57(38-19-7-4-8-20-38)62-59(63-58)50-36-42(64-52-29-13-10-24-44(52)45-25-11-14-30-53(45)64)35-49-46-32-31-41(34-54(46)65-56(49)50)40-22-15-21-39(33-40)37-17-5-3-6-18-37/h3-36H,1-2H3/i4D,7D,8D,19D,20D. The Balaban J connectivity index is 1.11. The molecule has 1 aliphatic carbocycles. The first kappa shape index (κ1) is 32.7. The third kappa shape index (κ3) is 5.93. The Morgan fingerprint density at radius 1 is 0.446 bits per heavy atom. The van der Waals surface area contributed by atoms with E-state index in [2.05, 4.69) is 176 Å². The third-order valence-electron chi connectivity index (χ3n) is 13.1. The Hall–Kier alpha value is -7.99. The molecular weight excluding hydrogens is 809 g/mol. The van der Waals surface area contributed by atoms with E-state index in [1.54, 1.807) is 11.3 Å². The van der Waals surface area contributed by atoms with Crippen molar-refractivity contribution in [1.29, 1.82) is 0 Å². The molecule has 0 bridgehead atoms. The lowest BCUT2D eigenvalue weighted by atomic mass is 9.80. The van der Waals surface area contributed by atoms with Gasteiger partial charge in [-0.25, -0.2) is 15.0 Å². The van der Waals surface area contributed by atoms with Crippen LogP contribution >= 0.6 is 11.3 Å². The summed E-state index contributed by atoms with van der Waals surface area (Å²) in [6.45, 7) is 4.42. The molecule has 0 spiro atoms. The number of nitrogens with zero attached hydrogens (tertiary/aromatic N) is 4. The molecule has 9 aromatic carbocycles. The van der Waals surface area contributed by atoms with Gasteiger partial charge in [0.2, 0.25) is 0 Å². The van der Waals surface area contributed by atoms with E-state index in [-0.39, 0.29) is 23.5 Å². The van der Waals surface area contributed by atoms with Crippen LogP contribution in [0.3, 0.4) is 0 Å². The first-order valence-corrected chi connectivity index (χ1v) is 22.6. The fourth-order valence-corrected chi connectivity index (χ4v) is 11.4. The maximum absolute atomic E-state index is 9.16. The van der Waals surface area contributed by atoms with Gasteiger partial charge in [-0.2, -0.15) is 0 Å². The van der Waals surface area contributed by atoms with Crippen LogP contribution < -0.4 is 0 Å². The van der Waals surface area contributed by atoms with E-state index in [0.717, 1.165) is 97.7 Å². The van der Waals surface area contributed by atoms with Crippen LogP contribution in [0, 0.1) is 0 Å². The maximum Gasteiger partial charge on any atom is 0.165 e. The molecule has 0 amide bonds. The Morgan fingerprint density at radius 3 is 1.83 bits per heavy atom. The second-order valence-electron chi connectivity index (χ2n) is 17.2. The maximum atomic E-state index is 9.16. The lowest BCUT2D eigenvalue weighted by Crippen LogP contribution is -2.17. The minimum atomic E-state index is -0.481. The first-order valence-electron chi connectivity index (χ1n) is 24.3. The monoisotopic (exact) mass is 853 g/mol. The second kappa shape index (κ2) is 14.5. The van der Waals surface area contributed by atoms with Gasteiger partial charge in [0.25, 0.3) is 0 Å². The molecule has 12 aromatic rings. The van der Waals surface area contributed by atoms with Crippen LogP contribution in [0.15, 0.2) is 206 Å². The van der Waals surface area contributed by atoms with Gasteiger partial charge in [0.15, 0.2) is 17.5 Å². The quantitative estimate of drug-likeness (QED) is 0.167. The molecule has 1 aliphatic rings. The van der Waals surface area contributed by atoms with Crippen molar-refractivity contribution in [3.63, 3.8) is 0 Å². The summed E-state index contributed by atoms with van der Waals surface area (Å²) < 4.78 is 48.5. The summed E-state index contributed by atoms with van der Waals surface area (Å²) in [5.41, 5.74) is 13.0. The van der Waals surface area contributed by atoms with Crippen LogP contribution in [0.2, 0.25) is 0 Å². The van der Waals surface area contributed by atoms with Gasteiger partial charge < -0.3 is 4.57 Å². The summed E-state index contributed by atoms with van der Waals surface area (Å²) in [5, 5.41) is 4.35. The van der Waals surface area contributed by atoms with E-state index < -0.39 is 23.5 Å². The van der Waals surface area contributed by atoms with Gasteiger partial charge in [0, 0.05) is 58.7 Å². The van der Waals surface area contributed by atoms with Crippen molar-refractivity contribution in [3.05, 3.63) is 217 Å². The minimum Gasteiger partial charge on any atom is -0.309 e. The van der Waals surface area contributed by atoms with E-state index in [4.69, 9.17) is 21.8 Å². The smallest absolute Gasteiger partial charge is 0.165 e. The number of fused-ring (bicyclic) bond motifs is 9. The van der Waals surface area contributed by atoms with Crippen molar-refractivity contribution >= 4 is 53.3 Å². The zero-order valence-corrected chi connectivity index (χ0v) is 36.3. The predicted molar refractivity (Wildman–Crippen MR) is 272 cm³/mol. The van der Waals surface area contributed by atoms with Crippen LogP contribution in [-0.2, 0) is 5.41 Å². The summed E-state index contributed by atoms with van der Waals surface area (Å²) >= 11 is 1.67.